The first-order valence-electron chi connectivity index (χ1n) is 5.59. The third-order valence-electron chi connectivity index (χ3n) is 2.62. The molecule has 2 N–H and O–H groups in total. The fourth-order valence-electron chi connectivity index (χ4n) is 1.54. The maximum absolute atomic E-state index is 11.8. The van der Waals surface area contributed by atoms with E-state index in [2.05, 4.69) is 10.3 Å². The minimum atomic E-state index is -1.13. The number of aromatic nitrogens is 1. The number of carboxylic acid groups (broad SMARTS) is 1. The van der Waals surface area contributed by atoms with Gasteiger partial charge in [-0.1, -0.05) is 24.3 Å². The Balaban J connectivity index is 2.01. The Labute approximate surface area is 113 Å². The van der Waals surface area contributed by atoms with Gasteiger partial charge in [0.05, 0.1) is 0 Å². The molecule has 1 aromatic carbocycles. The summed E-state index contributed by atoms with van der Waals surface area (Å²) >= 11 is 1.02. The van der Waals surface area contributed by atoms with E-state index in [-0.39, 0.29) is 16.6 Å². The lowest BCUT2D eigenvalue weighted by Gasteiger charge is -2.06. The molecular formula is C13H12N2O3S. The van der Waals surface area contributed by atoms with Crippen molar-refractivity contribution in [3.8, 4) is 0 Å². The predicted octanol–water partition coefficient (Wildman–Crippen LogP) is 2.08. The summed E-state index contributed by atoms with van der Waals surface area (Å²) in [4.78, 5) is 26.2. The van der Waals surface area contributed by atoms with Crippen LogP contribution in [0.5, 0.6) is 0 Å². The van der Waals surface area contributed by atoms with Crippen molar-refractivity contribution < 1.29 is 14.7 Å². The highest BCUT2D eigenvalue weighted by Gasteiger charge is 2.14. The number of carboxylic acids is 1. The van der Waals surface area contributed by atoms with Crippen LogP contribution >= 0.6 is 11.3 Å². The second kappa shape index (κ2) is 5.62. The van der Waals surface area contributed by atoms with Gasteiger partial charge in [0.15, 0.2) is 10.7 Å². The first-order chi connectivity index (χ1) is 9.08. The molecule has 0 atom stereocenters. The van der Waals surface area contributed by atoms with Crippen molar-refractivity contribution in [2.24, 2.45) is 0 Å². The molecule has 0 radical (unpaired) electrons. The summed E-state index contributed by atoms with van der Waals surface area (Å²) in [6.07, 6.45) is 0. The van der Waals surface area contributed by atoms with Crippen LogP contribution in [0.3, 0.4) is 0 Å². The molecule has 0 aliphatic heterocycles. The summed E-state index contributed by atoms with van der Waals surface area (Å²) in [5.74, 6) is -1.49. The minimum Gasteiger partial charge on any atom is -0.476 e. The molecule has 0 aliphatic rings. The Hall–Kier alpha value is -2.21. The van der Waals surface area contributed by atoms with Crippen LogP contribution in [0.15, 0.2) is 29.6 Å². The second-order valence-electron chi connectivity index (χ2n) is 3.95. The Morgan fingerprint density at radius 3 is 2.74 bits per heavy atom. The SMILES string of the molecule is Cc1ccccc1CNC(=O)c1nc(C(=O)O)cs1. The van der Waals surface area contributed by atoms with E-state index in [4.69, 9.17) is 5.11 Å². The molecular weight excluding hydrogens is 264 g/mol. The smallest absolute Gasteiger partial charge is 0.355 e. The summed E-state index contributed by atoms with van der Waals surface area (Å²) < 4.78 is 0. The van der Waals surface area contributed by atoms with Crippen molar-refractivity contribution in [1.82, 2.24) is 10.3 Å². The molecule has 5 nitrogen and oxygen atoms in total. The first-order valence-corrected chi connectivity index (χ1v) is 6.47. The fraction of sp³-hybridized carbons (Fsp3) is 0.154. The van der Waals surface area contributed by atoms with Crippen LogP contribution in [-0.2, 0) is 6.54 Å². The van der Waals surface area contributed by atoms with Crippen molar-refractivity contribution in [3.05, 3.63) is 51.5 Å². The lowest BCUT2D eigenvalue weighted by molar-refractivity contribution is 0.0691. The number of hydrogen-bond acceptors (Lipinski definition) is 4. The van der Waals surface area contributed by atoms with Gasteiger partial charge in [0.2, 0.25) is 0 Å². The number of nitrogens with one attached hydrogen (secondary N) is 1. The van der Waals surface area contributed by atoms with E-state index in [0.717, 1.165) is 22.5 Å². The number of rotatable bonds is 4. The average molecular weight is 276 g/mol. The number of carbonyl (C=O) groups excluding carboxylic acids is 1. The molecule has 98 valence electrons. The fourth-order valence-corrected chi connectivity index (χ4v) is 2.24. The van der Waals surface area contributed by atoms with Crippen molar-refractivity contribution in [2.75, 3.05) is 0 Å². The van der Waals surface area contributed by atoms with E-state index >= 15 is 0 Å². The summed E-state index contributed by atoms with van der Waals surface area (Å²) in [6.45, 7) is 2.36. The Bertz CT molecular complexity index is 622. The van der Waals surface area contributed by atoms with Crippen molar-refractivity contribution in [1.29, 1.82) is 0 Å². The van der Waals surface area contributed by atoms with Gasteiger partial charge in [-0.05, 0) is 18.1 Å². The second-order valence-corrected chi connectivity index (χ2v) is 4.81. The van der Waals surface area contributed by atoms with Gasteiger partial charge in [-0.3, -0.25) is 4.79 Å². The topological polar surface area (TPSA) is 79.3 Å². The predicted molar refractivity (Wildman–Crippen MR) is 71.4 cm³/mol. The van der Waals surface area contributed by atoms with E-state index in [1.807, 2.05) is 31.2 Å². The maximum Gasteiger partial charge on any atom is 0.355 e. The molecule has 19 heavy (non-hydrogen) atoms. The zero-order valence-corrected chi connectivity index (χ0v) is 11.0. The molecule has 0 saturated heterocycles. The van der Waals surface area contributed by atoms with Gasteiger partial charge in [0.1, 0.15) is 0 Å². The number of thiazole rings is 1. The summed E-state index contributed by atoms with van der Waals surface area (Å²) in [7, 11) is 0. The molecule has 2 aromatic rings. The standard InChI is InChI=1S/C13H12N2O3S/c1-8-4-2-3-5-9(8)6-14-11(16)12-15-10(7-19-12)13(17)18/h2-5,7H,6H2,1H3,(H,14,16)(H,17,18). The monoisotopic (exact) mass is 276 g/mol. The van der Waals surface area contributed by atoms with Gasteiger partial charge >= 0.3 is 5.97 Å². The molecule has 1 aromatic heterocycles. The highest BCUT2D eigenvalue weighted by molar-refractivity contribution is 7.11. The van der Waals surface area contributed by atoms with E-state index < -0.39 is 5.97 Å². The molecule has 0 fully saturated rings. The number of carbonyl (C=O) groups is 2. The molecule has 0 spiro atoms. The van der Waals surface area contributed by atoms with Gasteiger partial charge in [0.25, 0.3) is 5.91 Å². The molecule has 0 saturated carbocycles. The minimum absolute atomic E-state index is 0.106. The van der Waals surface area contributed by atoms with Crippen LogP contribution in [0.4, 0.5) is 0 Å². The number of aryl methyl sites for hydroxylation is 1. The highest BCUT2D eigenvalue weighted by atomic mass is 32.1. The van der Waals surface area contributed by atoms with Crippen molar-refractivity contribution >= 4 is 23.2 Å². The summed E-state index contributed by atoms with van der Waals surface area (Å²) in [5.41, 5.74) is 2.00. The van der Waals surface area contributed by atoms with Crippen LogP contribution in [0, 0.1) is 6.92 Å². The highest BCUT2D eigenvalue weighted by Crippen LogP contribution is 2.11. The largest absolute Gasteiger partial charge is 0.476 e. The molecule has 0 aliphatic carbocycles. The zero-order chi connectivity index (χ0) is 13.8. The van der Waals surface area contributed by atoms with Crippen LogP contribution in [-0.4, -0.2) is 22.0 Å². The van der Waals surface area contributed by atoms with Crippen molar-refractivity contribution in [2.45, 2.75) is 13.5 Å². The van der Waals surface area contributed by atoms with Gasteiger partial charge in [-0.2, -0.15) is 0 Å². The first kappa shape index (κ1) is 13.2. The number of aromatic carboxylic acids is 1. The van der Waals surface area contributed by atoms with Crippen molar-refractivity contribution in [3.63, 3.8) is 0 Å². The Morgan fingerprint density at radius 1 is 1.37 bits per heavy atom. The number of benzene rings is 1. The number of amides is 1. The third kappa shape index (κ3) is 3.17. The lowest BCUT2D eigenvalue weighted by atomic mass is 10.1. The number of nitrogens with zero attached hydrogens (tertiary/aromatic N) is 1. The maximum atomic E-state index is 11.8. The van der Waals surface area contributed by atoms with E-state index in [9.17, 15) is 9.59 Å². The van der Waals surface area contributed by atoms with Crippen LogP contribution < -0.4 is 5.32 Å². The van der Waals surface area contributed by atoms with Gasteiger partial charge in [0, 0.05) is 11.9 Å². The number of hydrogen-bond donors (Lipinski definition) is 2. The average Bonchev–Trinajstić information content (AvgIpc) is 2.87. The zero-order valence-electron chi connectivity index (χ0n) is 10.2. The normalized spacial score (nSPS) is 10.2. The molecule has 1 heterocycles. The van der Waals surface area contributed by atoms with E-state index in [0.29, 0.717) is 6.54 Å². The van der Waals surface area contributed by atoms with Crippen LogP contribution in [0.25, 0.3) is 0 Å². The summed E-state index contributed by atoms with van der Waals surface area (Å²) in [6, 6.07) is 7.73. The Morgan fingerprint density at radius 2 is 2.11 bits per heavy atom. The lowest BCUT2D eigenvalue weighted by Crippen LogP contribution is -2.23. The summed E-state index contributed by atoms with van der Waals surface area (Å²) in [5, 5.41) is 13.0. The van der Waals surface area contributed by atoms with E-state index in [1.54, 1.807) is 0 Å². The van der Waals surface area contributed by atoms with Crippen LogP contribution in [0.2, 0.25) is 0 Å². The molecule has 6 heteroatoms. The molecule has 0 unspecified atom stereocenters. The quantitative estimate of drug-likeness (QED) is 0.896. The van der Waals surface area contributed by atoms with Gasteiger partial charge < -0.3 is 10.4 Å². The van der Waals surface area contributed by atoms with Gasteiger partial charge in [-0.15, -0.1) is 11.3 Å². The molecule has 2 rings (SSSR count). The van der Waals surface area contributed by atoms with Gasteiger partial charge in [-0.25, -0.2) is 9.78 Å². The Kier molecular flexibility index (Phi) is 3.91. The van der Waals surface area contributed by atoms with E-state index in [1.165, 1.54) is 5.38 Å². The molecule has 0 bridgehead atoms. The van der Waals surface area contributed by atoms with Crippen LogP contribution in [0.1, 0.15) is 31.4 Å². The molecule has 1 amide bonds. The third-order valence-corrected chi connectivity index (χ3v) is 3.46.